The Kier molecular flexibility index (Phi) is 4.94. The van der Waals surface area contributed by atoms with Crippen LogP contribution in [0.5, 0.6) is 0 Å². The van der Waals surface area contributed by atoms with Gasteiger partial charge in [0.05, 0.1) is 0 Å². The number of hydrogen-bond acceptors (Lipinski definition) is 2. The van der Waals surface area contributed by atoms with Crippen LogP contribution < -0.4 is 5.32 Å². The molecule has 3 heteroatoms. The second kappa shape index (κ2) is 6.49. The van der Waals surface area contributed by atoms with E-state index < -0.39 is 0 Å². The highest BCUT2D eigenvalue weighted by molar-refractivity contribution is 5.26. The zero-order valence-electron chi connectivity index (χ0n) is 12.2. The Hall–Kier alpha value is -0.930. The fraction of sp³-hybridized carbons (Fsp3) is 0.625. The molecule has 2 rings (SSSR count). The van der Waals surface area contributed by atoms with Gasteiger partial charge in [0.25, 0.3) is 0 Å². The summed E-state index contributed by atoms with van der Waals surface area (Å²) in [5.74, 6) is 0.254. The number of halogens is 1. The third-order valence-corrected chi connectivity index (χ3v) is 3.96. The van der Waals surface area contributed by atoms with Crippen LogP contribution in [0.4, 0.5) is 4.39 Å². The summed E-state index contributed by atoms with van der Waals surface area (Å²) >= 11 is 0. The number of hydrogen-bond donors (Lipinski definition) is 1. The lowest BCUT2D eigenvalue weighted by Crippen LogP contribution is -2.40. The maximum absolute atomic E-state index is 13.6. The molecule has 106 valence electrons. The average molecular weight is 264 g/mol. The zero-order valence-corrected chi connectivity index (χ0v) is 12.2. The van der Waals surface area contributed by atoms with Gasteiger partial charge in [-0.3, -0.25) is 0 Å². The molecule has 0 unspecified atom stereocenters. The molecule has 0 bridgehead atoms. The smallest absolute Gasteiger partial charge is 0.123 e. The highest BCUT2D eigenvalue weighted by Gasteiger charge is 2.16. The van der Waals surface area contributed by atoms with Crippen molar-refractivity contribution in [1.82, 2.24) is 10.2 Å². The van der Waals surface area contributed by atoms with Gasteiger partial charge in [-0.15, -0.1) is 0 Å². The zero-order chi connectivity index (χ0) is 13.8. The molecule has 19 heavy (non-hydrogen) atoms. The number of likely N-dealkylation sites (tertiary alicyclic amines) is 1. The molecule has 1 heterocycles. The van der Waals surface area contributed by atoms with Gasteiger partial charge in [-0.2, -0.15) is 0 Å². The van der Waals surface area contributed by atoms with E-state index in [0.29, 0.717) is 12.0 Å². The summed E-state index contributed by atoms with van der Waals surface area (Å²) in [6.45, 7) is 7.27. The van der Waals surface area contributed by atoms with Gasteiger partial charge < -0.3 is 10.2 Å². The molecular weight excluding hydrogens is 239 g/mol. The predicted octanol–water partition coefficient (Wildman–Crippen LogP) is 3.13. The second-order valence-electron chi connectivity index (χ2n) is 6.01. The molecule has 1 N–H and O–H groups in total. The minimum Gasteiger partial charge on any atom is -0.310 e. The summed E-state index contributed by atoms with van der Waals surface area (Å²) in [7, 11) is 2.16. The van der Waals surface area contributed by atoms with Gasteiger partial charge >= 0.3 is 0 Å². The average Bonchev–Trinajstić information content (AvgIpc) is 2.37. The molecule has 1 fully saturated rings. The molecule has 1 aliphatic rings. The fourth-order valence-electron chi connectivity index (χ4n) is 2.59. The third kappa shape index (κ3) is 4.29. The molecule has 0 radical (unpaired) electrons. The maximum atomic E-state index is 13.6. The third-order valence-electron chi connectivity index (χ3n) is 3.96. The number of piperidine rings is 1. The first-order valence-electron chi connectivity index (χ1n) is 7.26. The first kappa shape index (κ1) is 14.5. The normalized spacial score (nSPS) is 18.2. The molecule has 1 saturated heterocycles. The molecular formula is C16H25FN2. The molecule has 0 aliphatic carbocycles. The largest absolute Gasteiger partial charge is 0.310 e. The van der Waals surface area contributed by atoms with Crippen LogP contribution in [0.15, 0.2) is 18.2 Å². The fourth-order valence-corrected chi connectivity index (χ4v) is 2.59. The van der Waals surface area contributed by atoms with Gasteiger partial charge in [-0.25, -0.2) is 4.39 Å². The summed E-state index contributed by atoms with van der Waals surface area (Å²) in [5.41, 5.74) is 2.14. The molecule has 1 aromatic rings. The van der Waals surface area contributed by atoms with Crippen molar-refractivity contribution in [3.05, 3.63) is 35.1 Å². The van der Waals surface area contributed by atoms with Gasteiger partial charge in [0, 0.05) is 12.6 Å². The van der Waals surface area contributed by atoms with Crippen LogP contribution in [0, 0.1) is 5.82 Å². The maximum Gasteiger partial charge on any atom is 0.123 e. The minimum atomic E-state index is -0.119. The van der Waals surface area contributed by atoms with Crippen molar-refractivity contribution in [1.29, 1.82) is 0 Å². The SMILES string of the molecule is CC(C)c1cc(F)cc(CNC2CCN(C)CC2)c1. The van der Waals surface area contributed by atoms with Crippen LogP contribution in [0.2, 0.25) is 0 Å². The summed E-state index contributed by atoms with van der Waals surface area (Å²) < 4.78 is 13.6. The Morgan fingerprint density at radius 1 is 1.26 bits per heavy atom. The van der Waals surface area contributed by atoms with Crippen LogP contribution >= 0.6 is 0 Å². The van der Waals surface area contributed by atoms with E-state index in [-0.39, 0.29) is 5.82 Å². The number of nitrogens with zero attached hydrogens (tertiary/aromatic N) is 1. The van der Waals surface area contributed by atoms with E-state index in [9.17, 15) is 4.39 Å². The van der Waals surface area contributed by atoms with E-state index in [1.165, 1.54) is 12.8 Å². The quantitative estimate of drug-likeness (QED) is 0.899. The molecule has 0 atom stereocenters. The van der Waals surface area contributed by atoms with Crippen LogP contribution in [-0.2, 0) is 6.54 Å². The molecule has 0 spiro atoms. The molecule has 0 saturated carbocycles. The highest BCUT2D eigenvalue weighted by atomic mass is 19.1. The number of nitrogens with one attached hydrogen (secondary N) is 1. The van der Waals surface area contributed by atoms with Gasteiger partial charge in [0.2, 0.25) is 0 Å². The lowest BCUT2D eigenvalue weighted by molar-refractivity contribution is 0.234. The second-order valence-corrected chi connectivity index (χ2v) is 6.01. The minimum absolute atomic E-state index is 0.119. The molecule has 2 nitrogen and oxygen atoms in total. The van der Waals surface area contributed by atoms with Gasteiger partial charge in [0.15, 0.2) is 0 Å². The summed E-state index contributed by atoms with van der Waals surface area (Å²) in [6.07, 6.45) is 2.37. The van der Waals surface area contributed by atoms with E-state index in [1.54, 1.807) is 12.1 Å². The molecule has 1 aliphatic heterocycles. The van der Waals surface area contributed by atoms with E-state index >= 15 is 0 Å². The van der Waals surface area contributed by atoms with Gasteiger partial charge in [-0.1, -0.05) is 19.9 Å². The van der Waals surface area contributed by atoms with Crippen LogP contribution in [0.25, 0.3) is 0 Å². The first-order valence-corrected chi connectivity index (χ1v) is 7.26. The van der Waals surface area contributed by atoms with Crippen molar-refractivity contribution < 1.29 is 4.39 Å². The van der Waals surface area contributed by atoms with Crippen LogP contribution in [0.3, 0.4) is 0 Å². The highest BCUT2D eigenvalue weighted by Crippen LogP contribution is 2.18. The standard InChI is InChI=1S/C16H25FN2/c1-12(2)14-8-13(9-15(17)10-14)11-18-16-4-6-19(3)7-5-16/h8-10,12,16,18H,4-7,11H2,1-3H3. The van der Waals surface area contributed by atoms with Gasteiger partial charge in [0.1, 0.15) is 5.82 Å². The van der Waals surface area contributed by atoms with Crippen molar-refractivity contribution >= 4 is 0 Å². The lowest BCUT2D eigenvalue weighted by Gasteiger charge is -2.29. The van der Waals surface area contributed by atoms with E-state index in [1.807, 2.05) is 0 Å². The predicted molar refractivity (Wildman–Crippen MR) is 77.8 cm³/mol. The Morgan fingerprint density at radius 3 is 2.58 bits per heavy atom. The van der Waals surface area contributed by atoms with E-state index in [4.69, 9.17) is 0 Å². The summed E-state index contributed by atoms with van der Waals surface area (Å²) in [5, 5.41) is 3.56. The Balaban J connectivity index is 1.92. The number of benzene rings is 1. The first-order chi connectivity index (χ1) is 9.04. The molecule has 0 aromatic heterocycles. The van der Waals surface area contributed by atoms with Crippen LogP contribution in [-0.4, -0.2) is 31.1 Å². The monoisotopic (exact) mass is 264 g/mol. The van der Waals surface area contributed by atoms with Crippen molar-refractivity contribution in [3.63, 3.8) is 0 Å². The lowest BCUT2D eigenvalue weighted by atomic mass is 10.00. The molecule has 0 amide bonds. The van der Waals surface area contributed by atoms with E-state index in [2.05, 4.69) is 37.2 Å². The van der Waals surface area contributed by atoms with Crippen LogP contribution in [0.1, 0.15) is 43.7 Å². The molecule has 1 aromatic carbocycles. The topological polar surface area (TPSA) is 15.3 Å². The Bertz CT molecular complexity index is 409. The summed E-state index contributed by atoms with van der Waals surface area (Å²) in [4.78, 5) is 2.36. The van der Waals surface area contributed by atoms with Crippen molar-refractivity contribution in [3.8, 4) is 0 Å². The summed E-state index contributed by atoms with van der Waals surface area (Å²) in [6, 6.07) is 5.98. The Labute approximate surface area is 116 Å². The van der Waals surface area contributed by atoms with Crippen molar-refractivity contribution in [2.75, 3.05) is 20.1 Å². The van der Waals surface area contributed by atoms with E-state index in [0.717, 1.165) is 30.8 Å². The number of rotatable bonds is 4. The van der Waals surface area contributed by atoms with Gasteiger partial charge in [-0.05, 0) is 62.2 Å². The van der Waals surface area contributed by atoms with Crippen molar-refractivity contribution in [2.45, 2.75) is 45.2 Å². The Morgan fingerprint density at radius 2 is 1.95 bits per heavy atom. The van der Waals surface area contributed by atoms with Crippen molar-refractivity contribution in [2.24, 2.45) is 0 Å².